The molecule has 0 amide bonds. The Morgan fingerprint density at radius 2 is 2.22 bits per heavy atom. The zero-order valence-corrected chi connectivity index (χ0v) is 11.6. The van der Waals surface area contributed by atoms with Gasteiger partial charge in [-0.2, -0.15) is 5.26 Å². The van der Waals surface area contributed by atoms with E-state index in [9.17, 15) is 0 Å². The van der Waals surface area contributed by atoms with E-state index in [-0.39, 0.29) is 6.04 Å². The van der Waals surface area contributed by atoms with E-state index in [0.29, 0.717) is 12.5 Å². The van der Waals surface area contributed by atoms with Gasteiger partial charge in [-0.25, -0.2) is 0 Å². The largest absolute Gasteiger partial charge is 0.370 e. The SMILES string of the molecule is CCC(NC)c1ccc(N(C)C(C)CC#N)cn1. The van der Waals surface area contributed by atoms with Crippen LogP contribution in [0.5, 0.6) is 0 Å². The average molecular weight is 246 g/mol. The maximum atomic E-state index is 8.71. The zero-order chi connectivity index (χ0) is 13.5. The Labute approximate surface area is 110 Å². The highest BCUT2D eigenvalue weighted by molar-refractivity contribution is 5.45. The van der Waals surface area contributed by atoms with Gasteiger partial charge in [0.25, 0.3) is 0 Å². The molecule has 1 heterocycles. The lowest BCUT2D eigenvalue weighted by Gasteiger charge is -2.25. The molecule has 0 saturated heterocycles. The van der Waals surface area contributed by atoms with Crippen LogP contribution in [0.2, 0.25) is 0 Å². The molecule has 1 aromatic heterocycles. The molecular weight excluding hydrogens is 224 g/mol. The highest BCUT2D eigenvalue weighted by Crippen LogP contribution is 2.19. The molecule has 0 aliphatic carbocycles. The zero-order valence-electron chi connectivity index (χ0n) is 11.6. The predicted molar refractivity (Wildman–Crippen MR) is 74.4 cm³/mol. The van der Waals surface area contributed by atoms with Crippen LogP contribution in [0, 0.1) is 11.3 Å². The van der Waals surface area contributed by atoms with Crippen molar-refractivity contribution >= 4 is 5.69 Å². The molecule has 0 aliphatic heterocycles. The van der Waals surface area contributed by atoms with Crippen LogP contribution >= 0.6 is 0 Å². The van der Waals surface area contributed by atoms with Crippen molar-refractivity contribution in [2.75, 3.05) is 19.0 Å². The summed E-state index contributed by atoms with van der Waals surface area (Å²) in [4.78, 5) is 6.58. The molecular formula is C14H22N4. The predicted octanol–water partition coefficient (Wildman–Crippen LogP) is 2.49. The first-order chi connectivity index (χ1) is 8.63. The standard InChI is InChI=1S/C14H22N4/c1-5-13(16-3)14-7-6-12(10-17-14)18(4)11(2)8-9-15/h6-7,10-11,13,16H,5,8H2,1-4H3. The summed E-state index contributed by atoms with van der Waals surface area (Å²) in [6, 6.07) is 6.82. The Morgan fingerprint density at radius 1 is 1.50 bits per heavy atom. The summed E-state index contributed by atoms with van der Waals surface area (Å²) in [5, 5.41) is 12.0. The number of nitrogens with one attached hydrogen (secondary N) is 1. The number of nitrogens with zero attached hydrogens (tertiary/aromatic N) is 3. The number of hydrogen-bond donors (Lipinski definition) is 1. The molecule has 0 spiro atoms. The second kappa shape index (κ2) is 6.97. The second-order valence-electron chi connectivity index (χ2n) is 4.51. The van der Waals surface area contributed by atoms with Gasteiger partial charge in [0, 0.05) is 19.1 Å². The molecule has 2 atom stereocenters. The summed E-state index contributed by atoms with van der Waals surface area (Å²) in [5.41, 5.74) is 2.11. The van der Waals surface area contributed by atoms with E-state index in [4.69, 9.17) is 5.26 Å². The number of rotatable bonds is 6. The molecule has 1 N–H and O–H groups in total. The molecule has 1 rings (SSSR count). The lowest BCUT2D eigenvalue weighted by Crippen LogP contribution is -2.28. The van der Waals surface area contributed by atoms with Crippen LogP contribution in [0.15, 0.2) is 18.3 Å². The van der Waals surface area contributed by atoms with E-state index < -0.39 is 0 Å². The minimum Gasteiger partial charge on any atom is -0.370 e. The summed E-state index contributed by atoms with van der Waals surface area (Å²) in [6.07, 6.45) is 3.42. The van der Waals surface area contributed by atoms with Gasteiger partial charge in [0.05, 0.1) is 30.1 Å². The van der Waals surface area contributed by atoms with E-state index in [1.807, 2.05) is 27.2 Å². The molecule has 4 nitrogen and oxygen atoms in total. The Balaban J connectivity index is 2.79. The van der Waals surface area contributed by atoms with Crippen LogP contribution < -0.4 is 10.2 Å². The third-order valence-electron chi connectivity index (χ3n) is 3.34. The molecule has 4 heteroatoms. The van der Waals surface area contributed by atoms with Gasteiger partial charge in [0.1, 0.15) is 0 Å². The van der Waals surface area contributed by atoms with Crippen LogP contribution in [0.3, 0.4) is 0 Å². The third kappa shape index (κ3) is 3.44. The second-order valence-corrected chi connectivity index (χ2v) is 4.51. The molecule has 0 saturated carbocycles. The number of nitriles is 1. The molecule has 0 aliphatic rings. The van der Waals surface area contributed by atoms with Gasteiger partial charge in [-0.15, -0.1) is 0 Å². The quantitative estimate of drug-likeness (QED) is 0.838. The third-order valence-corrected chi connectivity index (χ3v) is 3.34. The van der Waals surface area contributed by atoms with E-state index in [1.165, 1.54) is 0 Å². The first-order valence-corrected chi connectivity index (χ1v) is 6.37. The van der Waals surface area contributed by atoms with Gasteiger partial charge in [-0.05, 0) is 32.5 Å². The maximum absolute atomic E-state index is 8.71. The molecule has 18 heavy (non-hydrogen) atoms. The fourth-order valence-corrected chi connectivity index (χ4v) is 1.90. The van der Waals surface area contributed by atoms with Crippen LogP contribution in [-0.4, -0.2) is 25.1 Å². The van der Waals surface area contributed by atoms with Gasteiger partial charge in [0.2, 0.25) is 0 Å². The highest BCUT2D eigenvalue weighted by atomic mass is 15.1. The first kappa shape index (κ1) is 14.5. The van der Waals surface area contributed by atoms with Crippen LogP contribution in [-0.2, 0) is 0 Å². The summed E-state index contributed by atoms with van der Waals surface area (Å²) < 4.78 is 0. The van der Waals surface area contributed by atoms with Gasteiger partial charge < -0.3 is 10.2 Å². The Hall–Kier alpha value is -1.60. The van der Waals surface area contributed by atoms with Crippen molar-refractivity contribution in [3.8, 4) is 6.07 Å². The maximum Gasteiger partial charge on any atom is 0.0643 e. The summed E-state index contributed by atoms with van der Waals surface area (Å²) in [7, 11) is 3.94. The fourth-order valence-electron chi connectivity index (χ4n) is 1.90. The van der Waals surface area contributed by atoms with Crippen molar-refractivity contribution in [3.63, 3.8) is 0 Å². The Morgan fingerprint density at radius 3 is 2.67 bits per heavy atom. The first-order valence-electron chi connectivity index (χ1n) is 6.37. The van der Waals surface area contributed by atoms with E-state index >= 15 is 0 Å². The minimum absolute atomic E-state index is 0.203. The van der Waals surface area contributed by atoms with Crippen LogP contribution in [0.25, 0.3) is 0 Å². The van der Waals surface area contributed by atoms with Crippen molar-refractivity contribution in [2.24, 2.45) is 0 Å². The smallest absolute Gasteiger partial charge is 0.0643 e. The summed E-state index contributed by atoms with van der Waals surface area (Å²) >= 11 is 0. The lowest BCUT2D eigenvalue weighted by atomic mass is 10.1. The van der Waals surface area contributed by atoms with Crippen LogP contribution in [0.4, 0.5) is 5.69 Å². The number of hydrogen-bond acceptors (Lipinski definition) is 4. The van der Waals surface area contributed by atoms with Crippen LogP contribution in [0.1, 0.15) is 38.4 Å². The summed E-state index contributed by atoms with van der Waals surface area (Å²) in [6.45, 7) is 4.18. The van der Waals surface area contributed by atoms with Crippen molar-refractivity contribution < 1.29 is 0 Å². The minimum atomic E-state index is 0.203. The average Bonchev–Trinajstić information content (AvgIpc) is 2.40. The Kier molecular flexibility index (Phi) is 5.60. The van der Waals surface area contributed by atoms with Crippen molar-refractivity contribution in [3.05, 3.63) is 24.0 Å². The highest BCUT2D eigenvalue weighted by Gasteiger charge is 2.12. The number of aromatic nitrogens is 1. The van der Waals surface area contributed by atoms with Gasteiger partial charge >= 0.3 is 0 Å². The van der Waals surface area contributed by atoms with Crippen molar-refractivity contribution in [1.29, 1.82) is 5.26 Å². The molecule has 0 aromatic carbocycles. The molecule has 1 aromatic rings. The Bertz CT molecular complexity index is 389. The molecule has 2 unspecified atom stereocenters. The van der Waals surface area contributed by atoms with E-state index in [1.54, 1.807) is 0 Å². The van der Waals surface area contributed by atoms with Crippen molar-refractivity contribution in [1.82, 2.24) is 10.3 Å². The van der Waals surface area contributed by atoms with Crippen molar-refractivity contribution in [2.45, 2.75) is 38.8 Å². The number of pyridine rings is 1. The molecule has 0 fully saturated rings. The normalized spacial score (nSPS) is 13.7. The molecule has 0 radical (unpaired) electrons. The number of anilines is 1. The summed E-state index contributed by atoms with van der Waals surface area (Å²) in [5.74, 6) is 0. The fraction of sp³-hybridized carbons (Fsp3) is 0.571. The topological polar surface area (TPSA) is 52.0 Å². The molecule has 0 bridgehead atoms. The monoisotopic (exact) mass is 246 g/mol. The lowest BCUT2D eigenvalue weighted by molar-refractivity contribution is 0.561. The van der Waals surface area contributed by atoms with E-state index in [0.717, 1.165) is 17.8 Å². The van der Waals surface area contributed by atoms with Gasteiger partial charge in [-0.1, -0.05) is 6.92 Å². The van der Waals surface area contributed by atoms with Gasteiger partial charge in [-0.3, -0.25) is 4.98 Å². The molecule has 98 valence electrons. The van der Waals surface area contributed by atoms with E-state index in [2.05, 4.69) is 40.3 Å². The van der Waals surface area contributed by atoms with Gasteiger partial charge in [0.15, 0.2) is 0 Å².